The Bertz CT molecular complexity index is 703. The van der Waals surface area contributed by atoms with Crippen molar-refractivity contribution >= 4 is 34.9 Å². The molecular formula is C14H9Cl2NO4. The molecule has 0 aliphatic heterocycles. The molecule has 108 valence electrons. The highest BCUT2D eigenvalue weighted by molar-refractivity contribution is 6.42. The molecule has 0 heterocycles. The number of benzene rings is 2. The van der Waals surface area contributed by atoms with E-state index in [9.17, 15) is 14.9 Å². The van der Waals surface area contributed by atoms with Gasteiger partial charge in [-0.3, -0.25) is 10.1 Å². The van der Waals surface area contributed by atoms with Crippen LogP contribution in [0.4, 0.5) is 5.69 Å². The molecule has 0 atom stereocenters. The van der Waals surface area contributed by atoms with Gasteiger partial charge in [-0.15, -0.1) is 0 Å². The zero-order valence-corrected chi connectivity index (χ0v) is 12.1. The fourth-order valence-corrected chi connectivity index (χ4v) is 1.93. The average molecular weight is 326 g/mol. The van der Waals surface area contributed by atoms with Crippen LogP contribution in [0.1, 0.15) is 15.9 Å². The van der Waals surface area contributed by atoms with Gasteiger partial charge in [-0.05, 0) is 23.8 Å². The molecule has 0 spiro atoms. The fraction of sp³-hybridized carbons (Fsp3) is 0.0714. The van der Waals surface area contributed by atoms with Crippen LogP contribution in [0.2, 0.25) is 10.0 Å². The summed E-state index contributed by atoms with van der Waals surface area (Å²) in [5, 5.41) is 11.4. The number of nitro groups is 1. The van der Waals surface area contributed by atoms with E-state index in [1.54, 1.807) is 18.2 Å². The molecule has 0 aliphatic rings. The molecule has 0 aliphatic carbocycles. The van der Waals surface area contributed by atoms with Crippen LogP contribution in [0.5, 0.6) is 0 Å². The van der Waals surface area contributed by atoms with Crippen molar-refractivity contribution in [2.24, 2.45) is 0 Å². The minimum absolute atomic E-state index is 0.00157. The molecule has 0 unspecified atom stereocenters. The number of rotatable bonds is 4. The summed E-state index contributed by atoms with van der Waals surface area (Å²) in [5.74, 6) is -0.648. The van der Waals surface area contributed by atoms with Crippen LogP contribution >= 0.6 is 23.2 Å². The van der Waals surface area contributed by atoms with Gasteiger partial charge in [0.2, 0.25) is 0 Å². The smallest absolute Gasteiger partial charge is 0.338 e. The van der Waals surface area contributed by atoms with E-state index in [1.165, 1.54) is 18.2 Å². The Hall–Kier alpha value is -2.11. The standard InChI is InChI=1S/C14H9Cl2NO4/c15-12-5-4-9(6-13(12)16)8-21-14(18)10-2-1-3-11(7-10)17(19)20/h1-7H,8H2. The molecule has 2 aromatic rings. The summed E-state index contributed by atoms with van der Waals surface area (Å²) >= 11 is 11.6. The highest BCUT2D eigenvalue weighted by atomic mass is 35.5. The molecule has 5 nitrogen and oxygen atoms in total. The van der Waals surface area contributed by atoms with Crippen LogP contribution in [-0.2, 0) is 11.3 Å². The Labute approximate surface area is 130 Å². The second kappa shape index (κ2) is 6.56. The van der Waals surface area contributed by atoms with Crippen LogP contribution in [-0.4, -0.2) is 10.9 Å². The third-order valence-electron chi connectivity index (χ3n) is 2.65. The average Bonchev–Trinajstić information content (AvgIpc) is 2.48. The number of halogens is 2. The van der Waals surface area contributed by atoms with Gasteiger partial charge in [0.25, 0.3) is 5.69 Å². The maximum atomic E-state index is 11.8. The van der Waals surface area contributed by atoms with E-state index in [0.717, 1.165) is 6.07 Å². The van der Waals surface area contributed by atoms with Gasteiger partial charge in [0, 0.05) is 12.1 Å². The number of hydrogen-bond donors (Lipinski definition) is 0. The topological polar surface area (TPSA) is 69.4 Å². The van der Waals surface area contributed by atoms with Crippen LogP contribution in [0, 0.1) is 10.1 Å². The molecule has 0 amide bonds. The molecule has 2 rings (SSSR count). The van der Waals surface area contributed by atoms with Crippen LogP contribution in [0.15, 0.2) is 42.5 Å². The highest BCUT2D eigenvalue weighted by Crippen LogP contribution is 2.23. The van der Waals surface area contributed by atoms with Gasteiger partial charge in [0.1, 0.15) is 6.61 Å². The van der Waals surface area contributed by atoms with E-state index >= 15 is 0 Å². The first-order chi connectivity index (χ1) is 9.97. The predicted molar refractivity (Wildman–Crippen MR) is 78.7 cm³/mol. The zero-order chi connectivity index (χ0) is 15.4. The number of carbonyl (C=O) groups excluding carboxylic acids is 1. The lowest BCUT2D eigenvalue weighted by molar-refractivity contribution is -0.384. The van der Waals surface area contributed by atoms with Crippen LogP contribution < -0.4 is 0 Å². The molecule has 0 saturated heterocycles. The first kappa shape index (κ1) is 15.3. The minimum Gasteiger partial charge on any atom is -0.457 e. The lowest BCUT2D eigenvalue weighted by Gasteiger charge is -2.06. The normalized spacial score (nSPS) is 10.2. The first-order valence-corrected chi connectivity index (χ1v) is 6.58. The molecule has 0 saturated carbocycles. The van der Waals surface area contributed by atoms with Crippen molar-refractivity contribution in [3.8, 4) is 0 Å². The molecule has 2 aromatic carbocycles. The van der Waals surface area contributed by atoms with Crippen LogP contribution in [0.25, 0.3) is 0 Å². The summed E-state index contributed by atoms with van der Waals surface area (Å²) in [6, 6.07) is 10.2. The van der Waals surface area contributed by atoms with Crippen molar-refractivity contribution in [1.82, 2.24) is 0 Å². The van der Waals surface area contributed by atoms with E-state index < -0.39 is 10.9 Å². The molecule has 21 heavy (non-hydrogen) atoms. The van der Waals surface area contributed by atoms with Gasteiger partial charge in [-0.1, -0.05) is 35.3 Å². The Kier molecular flexibility index (Phi) is 4.77. The number of esters is 1. The monoisotopic (exact) mass is 325 g/mol. The number of nitro benzene ring substituents is 1. The first-order valence-electron chi connectivity index (χ1n) is 5.83. The van der Waals surface area contributed by atoms with Gasteiger partial charge < -0.3 is 4.74 Å². The maximum Gasteiger partial charge on any atom is 0.338 e. The summed E-state index contributed by atoms with van der Waals surface area (Å²) in [6.07, 6.45) is 0. The van der Waals surface area contributed by atoms with Crippen molar-refractivity contribution in [2.45, 2.75) is 6.61 Å². The summed E-state index contributed by atoms with van der Waals surface area (Å²) in [6.45, 7) is -0.00157. The van der Waals surface area contributed by atoms with Crippen LogP contribution in [0.3, 0.4) is 0 Å². The van der Waals surface area contributed by atoms with E-state index in [2.05, 4.69) is 0 Å². The second-order valence-electron chi connectivity index (χ2n) is 4.13. The van der Waals surface area contributed by atoms with Gasteiger partial charge in [-0.2, -0.15) is 0 Å². The Morgan fingerprint density at radius 2 is 1.90 bits per heavy atom. The number of hydrogen-bond acceptors (Lipinski definition) is 4. The highest BCUT2D eigenvalue weighted by Gasteiger charge is 2.13. The Morgan fingerprint density at radius 1 is 1.14 bits per heavy atom. The van der Waals surface area contributed by atoms with Crippen molar-refractivity contribution in [1.29, 1.82) is 0 Å². The second-order valence-corrected chi connectivity index (χ2v) is 4.95. The third kappa shape index (κ3) is 3.93. The molecule has 0 aromatic heterocycles. The van der Waals surface area contributed by atoms with E-state index in [0.29, 0.717) is 15.6 Å². The minimum atomic E-state index is -0.648. The summed E-state index contributed by atoms with van der Waals surface area (Å²) < 4.78 is 5.08. The lowest BCUT2D eigenvalue weighted by Crippen LogP contribution is -2.05. The van der Waals surface area contributed by atoms with Crippen molar-refractivity contribution in [2.75, 3.05) is 0 Å². The quantitative estimate of drug-likeness (QED) is 0.478. The van der Waals surface area contributed by atoms with Gasteiger partial charge >= 0.3 is 5.97 Å². The molecule has 0 fully saturated rings. The third-order valence-corrected chi connectivity index (χ3v) is 3.39. The van der Waals surface area contributed by atoms with E-state index in [-0.39, 0.29) is 17.9 Å². The maximum absolute atomic E-state index is 11.8. The van der Waals surface area contributed by atoms with Gasteiger partial charge in [0.05, 0.1) is 20.5 Å². The number of non-ortho nitro benzene ring substituents is 1. The lowest BCUT2D eigenvalue weighted by atomic mass is 10.2. The Balaban J connectivity index is 2.06. The summed E-state index contributed by atoms with van der Waals surface area (Å²) in [4.78, 5) is 21.9. The van der Waals surface area contributed by atoms with Crippen molar-refractivity contribution < 1.29 is 14.5 Å². The zero-order valence-electron chi connectivity index (χ0n) is 10.6. The molecular weight excluding hydrogens is 317 g/mol. The largest absolute Gasteiger partial charge is 0.457 e. The molecule has 0 bridgehead atoms. The predicted octanol–water partition coefficient (Wildman–Crippen LogP) is 4.26. The Morgan fingerprint density at radius 3 is 2.57 bits per heavy atom. The van der Waals surface area contributed by atoms with E-state index in [1.807, 2.05) is 0 Å². The van der Waals surface area contributed by atoms with Crippen molar-refractivity contribution in [3.05, 3.63) is 73.8 Å². The molecule has 7 heteroatoms. The molecule has 0 N–H and O–H groups in total. The van der Waals surface area contributed by atoms with E-state index in [4.69, 9.17) is 27.9 Å². The van der Waals surface area contributed by atoms with Gasteiger partial charge in [0.15, 0.2) is 0 Å². The summed E-state index contributed by atoms with van der Waals surface area (Å²) in [5.41, 5.74) is 0.617. The SMILES string of the molecule is O=C(OCc1ccc(Cl)c(Cl)c1)c1cccc([N+](=O)[O-])c1. The van der Waals surface area contributed by atoms with Crippen molar-refractivity contribution in [3.63, 3.8) is 0 Å². The summed E-state index contributed by atoms with van der Waals surface area (Å²) in [7, 11) is 0. The number of ether oxygens (including phenoxy) is 1. The fourth-order valence-electron chi connectivity index (χ4n) is 1.61. The number of nitrogens with zero attached hydrogens (tertiary/aromatic N) is 1. The number of carbonyl (C=O) groups is 1. The van der Waals surface area contributed by atoms with Gasteiger partial charge in [-0.25, -0.2) is 4.79 Å². The molecule has 0 radical (unpaired) electrons.